The number of hydrogen-bond acceptors (Lipinski definition) is 6. The highest BCUT2D eigenvalue weighted by Crippen LogP contribution is 2.20. The van der Waals surface area contributed by atoms with Gasteiger partial charge in [-0.05, 0) is 6.92 Å². The van der Waals surface area contributed by atoms with E-state index in [9.17, 15) is 10.2 Å². The molecule has 0 saturated carbocycles. The molecule has 12 heavy (non-hydrogen) atoms. The second kappa shape index (κ2) is 3.65. The zero-order chi connectivity index (χ0) is 9.30. The fourth-order valence-electron chi connectivity index (χ4n) is 1.17. The molecule has 0 aromatic rings. The molecule has 1 heterocycles. The van der Waals surface area contributed by atoms with Gasteiger partial charge in [0.25, 0.3) is 0 Å². The number of hydrogen-bond donors (Lipinski definition) is 4. The Morgan fingerprint density at radius 1 is 1.25 bits per heavy atom. The number of nitrogens with two attached hydrogens (primary N) is 1. The highest BCUT2D eigenvalue weighted by atomic mass is 16.7. The van der Waals surface area contributed by atoms with Crippen LogP contribution < -0.4 is 5.90 Å². The molecule has 0 bridgehead atoms. The first kappa shape index (κ1) is 9.85. The van der Waals surface area contributed by atoms with Crippen molar-refractivity contribution in [3.05, 3.63) is 0 Å². The zero-order valence-electron chi connectivity index (χ0n) is 6.62. The molecule has 0 spiro atoms. The van der Waals surface area contributed by atoms with Gasteiger partial charge < -0.3 is 20.1 Å². The fraction of sp³-hybridized carbons (Fsp3) is 1.00. The molecule has 5 unspecified atom stereocenters. The quantitative estimate of drug-likeness (QED) is 0.337. The van der Waals surface area contributed by atoms with Crippen LogP contribution in [0.15, 0.2) is 0 Å². The van der Waals surface area contributed by atoms with Crippen LogP contribution in [0.3, 0.4) is 0 Å². The van der Waals surface area contributed by atoms with Crippen molar-refractivity contribution in [1.82, 2.24) is 0 Å². The largest absolute Gasteiger partial charge is 0.388 e. The highest BCUT2D eigenvalue weighted by Gasteiger charge is 2.42. The van der Waals surface area contributed by atoms with Crippen molar-refractivity contribution in [2.24, 2.45) is 5.90 Å². The Bertz CT molecular complexity index is 155. The maximum atomic E-state index is 9.28. The van der Waals surface area contributed by atoms with E-state index in [1.54, 1.807) is 0 Å². The lowest BCUT2D eigenvalue weighted by molar-refractivity contribution is -0.289. The molecule has 1 fully saturated rings. The average molecular weight is 179 g/mol. The Labute approximate surface area is 69.5 Å². The lowest BCUT2D eigenvalue weighted by atomic mass is 10.0. The molecule has 0 aliphatic carbocycles. The molecule has 1 aliphatic rings. The topological polar surface area (TPSA) is 105 Å². The molecule has 72 valence electrons. The summed E-state index contributed by atoms with van der Waals surface area (Å²) in [6.07, 6.45) is -5.36. The van der Waals surface area contributed by atoms with E-state index in [0.717, 1.165) is 0 Å². The van der Waals surface area contributed by atoms with E-state index in [4.69, 9.17) is 15.7 Å². The molecule has 1 saturated heterocycles. The lowest BCUT2D eigenvalue weighted by Gasteiger charge is -2.37. The summed E-state index contributed by atoms with van der Waals surface area (Å²) < 4.78 is 4.81. The van der Waals surface area contributed by atoms with Crippen molar-refractivity contribution in [3.8, 4) is 0 Å². The third-order valence-electron chi connectivity index (χ3n) is 1.96. The Morgan fingerprint density at radius 3 is 2.33 bits per heavy atom. The van der Waals surface area contributed by atoms with Crippen LogP contribution in [0.1, 0.15) is 6.92 Å². The molecular formula is C6H13NO5. The van der Waals surface area contributed by atoms with Crippen LogP contribution in [0.4, 0.5) is 0 Å². The van der Waals surface area contributed by atoms with Crippen molar-refractivity contribution >= 4 is 0 Å². The molecule has 0 aromatic carbocycles. The van der Waals surface area contributed by atoms with Crippen molar-refractivity contribution in [2.75, 3.05) is 0 Å². The zero-order valence-corrected chi connectivity index (χ0v) is 6.62. The summed E-state index contributed by atoms with van der Waals surface area (Å²) in [4.78, 5) is 4.25. The van der Waals surface area contributed by atoms with Gasteiger partial charge in [0, 0.05) is 0 Å². The van der Waals surface area contributed by atoms with E-state index in [2.05, 4.69) is 4.84 Å². The van der Waals surface area contributed by atoms with Gasteiger partial charge in [-0.2, -0.15) is 0 Å². The second-order valence-electron chi connectivity index (χ2n) is 2.81. The normalized spacial score (nSPS) is 49.2. The standard InChI is InChI=1S/C6H13NO5/c1-2-3(8)4(9)5(12-7)6(10)11-2/h2-6,8-10H,7H2,1H3. The van der Waals surface area contributed by atoms with Crippen molar-refractivity contribution in [2.45, 2.75) is 37.6 Å². The fourth-order valence-corrected chi connectivity index (χ4v) is 1.17. The number of rotatable bonds is 1. The van der Waals surface area contributed by atoms with Gasteiger partial charge >= 0.3 is 0 Å². The Morgan fingerprint density at radius 2 is 1.83 bits per heavy atom. The number of aliphatic hydroxyl groups excluding tert-OH is 3. The van der Waals surface area contributed by atoms with Crippen LogP contribution in [0.25, 0.3) is 0 Å². The predicted molar refractivity (Wildman–Crippen MR) is 37.6 cm³/mol. The molecule has 1 rings (SSSR count). The predicted octanol–water partition coefficient (Wildman–Crippen LogP) is -2.30. The minimum Gasteiger partial charge on any atom is -0.388 e. The van der Waals surface area contributed by atoms with E-state index >= 15 is 0 Å². The summed E-state index contributed by atoms with van der Waals surface area (Å²) in [5, 5.41) is 27.7. The summed E-state index contributed by atoms with van der Waals surface area (Å²) in [7, 11) is 0. The summed E-state index contributed by atoms with van der Waals surface area (Å²) in [6, 6.07) is 0. The minimum absolute atomic E-state index is 0.638. The van der Waals surface area contributed by atoms with Gasteiger partial charge in [-0.25, -0.2) is 5.90 Å². The van der Waals surface area contributed by atoms with E-state index in [1.165, 1.54) is 6.92 Å². The van der Waals surface area contributed by atoms with Gasteiger partial charge in [-0.1, -0.05) is 0 Å². The lowest BCUT2D eigenvalue weighted by Crippen LogP contribution is -2.58. The summed E-state index contributed by atoms with van der Waals surface area (Å²) >= 11 is 0. The van der Waals surface area contributed by atoms with E-state index in [1.807, 2.05) is 0 Å². The van der Waals surface area contributed by atoms with Gasteiger partial charge in [0.2, 0.25) is 0 Å². The van der Waals surface area contributed by atoms with Crippen molar-refractivity contribution in [3.63, 3.8) is 0 Å². The minimum atomic E-state index is -1.30. The average Bonchev–Trinajstić information content (AvgIpc) is 2.01. The summed E-state index contributed by atoms with van der Waals surface area (Å²) in [6.45, 7) is 1.53. The van der Waals surface area contributed by atoms with Crippen LogP contribution in [0.2, 0.25) is 0 Å². The summed E-state index contributed by atoms with van der Waals surface area (Å²) in [5.74, 6) is 4.78. The Hall–Kier alpha value is -0.240. The second-order valence-corrected chi connectivity index (χ2v) is 2.81. The maximum absolute atomic E-state index is 9.28. The Kier molecular flexibility index (Phi) is 2.99. The monoisotopic (exact) mass is 179 g/mol. The van der Waals surface area contributed by atoms with E-state index in [-0.39, 0.29) is 0 Å². The van der Waals surface area contributed by atoms with Crippen LogP contribution in [0, 0.1) is 0 Å². The third kappa shape index (κ3) is 1.58. The molecule has 0 radical (unpaired) electrons. The van der Waals surface area contributed by atoms with Gasteiger partial charge in [-0.3, -0.25) is 4.84 Å². The molecule has 6 heteroatoms. The Balaban J connectivity index is 2.65. The first-order valence-electron chi connectivity index (χ1n) is 3.63. The van der Waals surface area contributed by atoms with Gasteiger partial charge in [0.1, 0.15) is 12.2 Å². The smallest absolute Gasteiger partial charge is 0.186 e. The van der Waals surface area contributed by atoms with Crippen molar-refractivity contribution < 1.29 is 24.9 Å². The highest BCUT2D eigenvalue weighted by molar-refractivity contribution is 4.87. The van der Waals surface area contributed by atoms with E-state index in [0.29, 0.717) is 0 Å². The van der Waals surface area contributed by atoms with Gasteiger partial charge in [0.05, 0.1) is 6.10 Å². The van der Waals surface area contributed by atoms with Gasteiger partial charge in [-0.15, -0.1) is 0 Å². The van der Waals surface area contributed by atoms with E-state index < -0.39 is 30.7 Å². The number of ether oxygens (including phenoxy) is 1. The molecule has 0 amide bonds. The van der Waals surface area contributed by atoms with Crippen LogP contribution >= 0.6 is 0 Å². The molecule has 5 N–H and O–H groups in total. The van der Waals surface area contributed by atoms with Crippen LogP contribution in [0.5, 0.6) is 0 Å². The van der Waals surface area contributed by atoms with Crippen LogP contribution in [-0.2, 0) is 9.57 Å². The molecule has 1 aliphatic heterocycles. The molecule has 5 atom stereocenters. The summed E-state index contributed by atoms with van der Waals surface area (Å²) in [5.41, 5.74) is 0. The maximum Gasteiger partial charge on any atom is 0.186 e. The molecule has 6 nitrogen and oxygen atoms in total. The SMILES string of the molecule is CC1OC(O)C(ON)C(O)C1O. The first-order valence-corrected chi connectivity index (χ1v) is 3.63. The van der Waals surface area contributed by atoms with Crippen LogP contribution in [-0.4, -0.2) is 46.0 Å². The first-order chi connectivity index (χ1) is 5.57. The van der Waals surface area contributed by atoms with Gasteiger partial charge in [0.15, 0.2) is 12.4 Å². The molecular weight excluding hydrogens is 166 g/mol. The third-order valence-corrected chi connectivity index (χ3v) is 1.96. The number of aliphatic hydroxyl groups is 3. The van der Waals surface area contributed by atoms with Crippen molar-refractivity contribution in [1.29, 1.82) is 0 Å². The molecule has 0 aromatic heterocycles.